The SMILES string of the molecule is NCCCNCC=CCNCCCN. The van der Waals surface area contributed by atoms with Gasteiger partial charge in [0.25, 0.3) is 0 Å². The summed E-state index contributed by atoms with van der Waals surface area (Å²) in [5.41, 5.74) is 10.7. The second-order valence-electron chi connectivity index (χ2n) is 3.16. The predicted molar refractivity (Wildman–Crippen MR) is 62.2 cm³/mol. The Bertz CT molecular complexity index is 111. The highest BCUT2D eigenvalue weighted by Gasteiger charge is 1.83. The lowest BCUT2D eigenvalue weighted by atomic mass is 10.4. The fourth-order valence-electron chi connectivity index (χ4n) is 0.992. The third-order valence-corrected chi connectivity index (χ3v) is 1.81. The molecule has 0 aromatic carbocycles. The van der Waals surface area contributed by atoms with Crippen LogP contribution >= 0.6 is 0 Å². The van der Waals surface area contributed by atoms with E-state index in [1.54, 1.807) is 0 Å². The van der Waals surface area contributed by atoms with Crippen molar-refractivity contribution in [2.24, 2.45) is 11.5 Å². The minimum atomic E-state index is 0.761. The van der Waals surface area contributed by atoms with Crippen LogP contribution < -0.4 is 22.1 Å². The Morgan fingerprint density at radius 3 is 1.57 bits per heavy atom. The summed E-state index contributed by atoms with van der Waals surface area (Å²) in [5.74, 6) is 0. The van der Waals surface area contributed by atoms with Crippen molar-refractivity contribution in [2.45, 2.75) is 12.8 Å². The highest BCUT2D eigenvalue weighted by Crippen LogP contribution is 1.74. The van der Waals surface area contributed by atoms with Crippen LogP contribution in [-0.4, -0.2) is 39.3 Å². The molecule has 0 unspecified atom stereocenters. The van der Waals surface area contributed by atoms with Gasteiger partial charge in [-0.2, -0.15) is 0 Å². The average Bonchev–Trinajstić information content (AvgIpc) is 2.21. The predicted octanol–water partition coefficient (Wildman–Crippen LogP) is -0.581. The number of nitrogens with one attached hydrogen (secondary N) is 2. The minimum Gasteiger partial charge on any atom is -0.330 e. The Kier molecular flexibility index (Phi) is 12.2. The summed E-state index contributed by atoms with van der Waals surface area (Å²) in [6.07, 6.45) is 6.35. The molecule has 0 bridgehead atoms. The summed E-state index contributed by atoms with van der Waals surface area (Å²) in [6.45, 7) is 5.38. The number of nitrogens with two attached hydrogens (primary N) is 2. The molecule has 4 heteroatoms. The molecule has 0 spiro atoms. The minimum absolute atomic E-state index is 0.761. The van der Waals surface area contributed by atoms with Crippen molar-refractivity contribution in [3.63, 3.8) is 0 Å². The monoisotopic (exact) mass is 200 g/mol. The van der Waals surface area contributed by atoms with Gasteiger partial charge in [-0.15, -0.1) is 0 Å². The summed E-state index contributed by atoms with van der Waals surface area (Å²) >= 11 is 0. The Hall–Kier alpha value is -0.420. The van der Waals surface area contributed by atoms with Gasteiger partial charge in [0.2, 0.25) is 0 Å². The quantitative estimate of drug-likeness (QED) is 0.281. The van der Waals surface area contributed by atoms with Gasteiger partial charge in [0.15, 0.2) is 0 Å². The molecule has 0 aliphatic carbocycles. The smallest absolute Gasteiger partial charge is 0.0135 e. The summed E-state index contributed by atoms with van der Waals surface area (Å²) < 4.78 is 0. The second-order valence-corrected chi connectivity index (χ2v) is 3.16. The van der Waals surface area contributed by atoms with Crippen molar-refractivity contribution in [1.29, 1.82) is 0 Å². The van der Waals surface area contributed by atoms with Crippen molar-refractivity contribution in [1.82, 2.24) is 10.6 Å². The van der Waals surface area contributed by atoms with E-state index < -0.39 is 0 Å². The van der Waals surface area contributed by atoms with Gasteiger partial charge in [0, 0.05) is 13.1 Å². The standard InChI is InChI=1S/C10H24N4/c11-5-3-9-13-7-1-2-8-14-10-4-6-12/h1-2,13-14H,3-12H2. The maximum Gasteiger partial charge on any atom is 0.0135 e. The molecular formula is C10H24N4. The summed E-state index contributed by atoms with van der Waals surface area (Å²) in [5, 5.41) is 6.55. The molecule has 14 heavy (non-hydrogen) atoms. The van der Waals surface area contributed by atoms with E-state index in [9.17, 15) is 0 Å². The maximum atomic E-state index is 5.36. The molecule has 0 atom stereocenters. The van der Waals surface area contributed by atoms with Crippen molar-refractivity contribution in [3.8, 4) is 0 Å². The van der Waals surface area contributed by atoms with Crippen LogP contribution in [0.1, 0.15) is 12.8 Å². The van der Waals surface area contributed by atoms with Crippen molar-refractivity contribution < 1.29 is 0 Å². The first-order valence-electron chi connectivity index (χ1n) is 5.38. The Balaban J connectivity index is 2.96. The van der Waals surface area contributed by atoms with Gasteiger partial charge in [-0.1, -0.05) is 12.2 Å². The van der Waals surface area contributed by atoms with Crippen molar-refractivity contribution >= 4 is 0 Å². The molecule has 0 saturated carbocycles. The third kappa shape index (κ3) is 11.6. The molecule has 0 aliphatic heterocycles. The van der Waals surface area contributed by atoms with Gasteiger partial charge in [-0.25, -0.2) is 0 Å². The molecule has 0 rings (SSSR count). The van der Waals surface area contributed by atoms with Gasteiger partial charge in [0.1, 0.15) is 0 Å². The van der Waals surface area contributed by atoms with E-state index in [4.69, 9.17) is 11.5 Å². The van der Waals surface area contributed by atoms with Crippen LogP contribution in [0.4, 0.5) is 0 Å². The lowest BCUT2D eigenvalue weighted by Gasteiger charge is -1.99. The van der Waals surface area contributed by atoms with Gasteiger partial charge in [0.05, 0.1) is 0 Å². The van der Waals surface area contributed by atoms with Crippen LogP contribution in [-0.2, 0) is 0 Å². The van der Waals surface area contributed by atoms with E-state index in [2.05, 4.69) is 22.8 Å². The zero-order chi connectivity index (χ0) is 10.5. The van der Waals surface area contributed by atoms with E-state index in [0.29, 0.717) is 0 Å². The molecule has 6 N–H and O–H groups in total. The fourth-order valence-corrected chi connectivity index (χ4v) is 0.992. The molecule has 0 fully saturated rings. The maximum absolute atomic E-state index is 5.36. The van der Waals surface area contributed by atoms with Crippen LogP contribution in [0.2, 0.25) is 0 Å². The molecular weight excluding hydrogens is 176 g/mol. The average molecular weight is 200 g/mol. The van der Waals surface area contributed by atoms with E-state index in [-0.39, 0.29) is 0 Å². The molecule has 4 nitrogen and oxygen atoms in total. The van der Waals surface area contributed by atoms with E-state index in [1.807, 2.05) is 0 Å². The zero-order valence-electron chi connectivity index (χ0n) is 8.97. The molecule has 0 aromatic heterocycles. The second kappa shape index (κ2) is 12.6. The van der Waals surface area contributed by atoms with Gasteiger partial charge < -0.3 is 22.1 Å². The Morgan fingerprint density at radius 2 is 1.21 bits per heavy atom. The Labute approximate surface area is 87.1 Å². The lowest BCUT2D eigenvalue weighted by Crippen LogP contribution is -2.19. The normalized spacial score (nSPS) is 11.3. The van der Waals surface area contributed by atoms with Crippen LogP contribution in [0, 0.1) is 0 Å². The van der Waals surface area contributed by atoms with Crippen LogP contribution in [0.25, 0.3) is 0 Å². The zero-order valence-corrected chi connectivity index (χ0v) is 8.97. The molecule has 0 heterocycles. The van der Waals surface area contributed by atoms with Gasteiger partial charge in [-0.3, -0.25) is 0 Å². The molecule has 0 amide bonds. The first kappa shape index (κ1) is 13.6. The van der Waals surface area contributed by atoms with E-state index >= 15 is 0 Å². The van der Waals surface area contributed by atoms with Crippen LogP contribution in [0.15, 0.2) is 12.2 Å². The molecule has 0 aliphatic rings. The molecule has 0 saturated heterocycles. The fraction of sp³-hybridized carbons (Fsp3) is 0.800. The Morgan fingerprint density at radius 1 is 0.786 bits per heavy atom. The highest BCUT2D eigenvalue weighted by atomic mass is 14.9. The molecule has 0 aromatic rings. The highest BCUT2D eigenvalue weighted by molar-refractivity contribution is 4.85. The van der Waals surface area contributed by atoms with Crippen LogP contribution in [0.5, 0.6) is 0 Å². The van der Waals surface area contributed by atoms with Crippen molar-refractivity contribution in [3.05, 3.63) is 12.2 Å². The number of rotatable bonds is 10. The molecule has 0 radical (unpaired) electrons. The lowest BCUT2D eigenvalue weighted by molar-refractivity contribution is 0.689. The van der Waals surface area contributed by atoms with Crippen molar-refractivity contribution in [2.75, 3.05) is 39.3 Å². The van der Waals surface area contributed by atoms with Gasteiger partial charge in [-0.05, 0) is 39.0 Å². The number of hydrogen-bond acceptors (Lipinski definition) is 4. The summed E-state index contributed by atoms with van der Waals surface area (Å²) in [7, 11) is 0. The van der Waals surface area contributed by atoms with E-state index in [1.165, 1.54) is 0 Å². The largest absolute Gasteiger partial charge is 0.330 e. The third-order valence-electron chi connectivity index (χ3n) is 1.81. The summed E-state index contributed by atoms with van der Waals surface area (Å²) in [6, 6.07) is 0. The van der Waals surface area contributed by atoms with Gasteiger partial charge >= 0.3 is 0 Å². The summed E-state index contributed by atoms with van der Waals surface area (Å²) in [4.78, 5) is 0. The first-order chi connectivity index (χ1) is 6.91. The van der Waals surface area contributed by atoms with E-state index in [0.717, 1.165) is 52.1 Å². The number of hydrogen-bond donors (Lipinski definition) is 4. The topological polar surface area (TPSA) is 76.1 Å². The first-order valence-corrected chi connectivity index (χ1v) is 5.38. The molecule has 84 valence electrons. The van der Waals surface area contributed by atoms with Crippen LogP contribution in [0.3, 0.4) is 0 Å².